The minimum Gasteiger partial charge on any atom is -0.493 e. The topological polar surface area (TPSA) is 75.2 Å². The number of carbonyl (C=O) groups is 1. The largest absolute Gasteiger partial charge is 0.493 e. The fourth-order valence-corrected chi connectivity index (χ4v) is 3.48. The van der Waals surface area contributed by atoms with Crippen molar-refractivity contribution in [3.63, 3.8) is 0 Å². The van der Waals surface area contributed by atoms with Crippen LogP contribution in [0.4, 0.5) is 5.69 Å². The minimum absolute atomic E-state index is 0. The number of ether oxygens (including phenoxy) is 2. The summed E-state index contributed by atoms with van der Waals surface area (Å²) < 4.78 is 11.0. The highest BCUT2D eigenvalue weighted by Crippen LogP contribution is 2.30. The van der Waals surface area contributed by atoms with E-state index in [4.69, 9.17) is 14.5 Å². The average Bonchev–Trinajstić information content (AvgIpc) is 3.18. The average molecular weight is 552 g/mol. The van der Waals surface area contributed by atoms with Crippen molar-refractivity contribution in [1.82, 2.24) is 10.2 Å². The van der Waals surface area contributed by atoms with Gasteiger partial charge in [-0.2, -0.15) is 0 Å². The van der Waals surface area contributed by atoms with Gasteiger partial charge in [0.25, 0.3) is 0 Å². The van der Waals surface area contributed by atoms with Gasteiger partial charge in [0.1, 0.15) is 0 Å². The SMILES string of the molecule is CCNC(=NCc1ccc(CN2CCCC2=O)cc1)Nc1ccc(OCC)c(OC)c1.I. The van der Waals surface area contributed by atoms with E-state index in [0.717, 1.165) is 36.3 Å². The number of nitrogens with zero attached hydrogens (tertiary/aromatic N) is 2. The fraction of sp³-hybridized carbons (Fsp3) is 0.417. The third-order valence-corrected chi connectivity index (χ3v) is 5.06. The highest BCUT2D eigenvalue weighted by Gasteiger charge is 2.19. The molecule has 0 bridgehead atoms. The second-order valence-corrected chi connectivity index (χ2v) is 7.35. The van der Waals surface area contributed by atoms with E-state index in [2.05, 4.69) is 34.9 Å². The van der Waals surface area contributed by atoms with Crippen LogP contribution >= 0.6 is 24.0 Å². The quantitative estimate of drug-likeness (QED) is 0.274. The number of amides is 1. The Hall–Kier alpha value is -2.49. The summed E-state index contributed by atoms with van der Waals surface area (Å²) >= 11 is 0. The van der Waals surface area contributed by atoms with Gasteiger partial charge >= 0.3 is 0 Å². The Morgan fingerprint density at radius 3 is 2.47 bits per heavy atom. The number of rotatable bonds is 9. The second kappa shape index (κ2) is 13.1. The summed E-state index contributed by atoms with van der Waals surface area (Å²) in [6, 6.07) is 14.0. The summed E-state index contributed by atoms with van der Waals surface area (Å²) in [5.74, 6) is 2.34. The summed E-state index contributed by atoms with van der Waals surface area (Å²) in [4.78, 5) is 18.4. The van der Waals surface area contributed by atoms with Gasteiger partial charge in [-0.05, 0) is 43.5 Å². The van der Waals surface area contributed by atoms with Crippen molar-refractivity contribution in [2.45, 2.75) is 39.8 Å². The lowest BCUT2D eigenvalue weighted by atomic mass is 10.1. The van der Waals surface area contributed by atoms with E-state index in [1.165, 1.54) is 0 Å². The van der Waals surface area contributed by atoms with Crippen LogP contribution in [0, 0.1) is 0 Å². The molecule has 2 N–H and O–H groups in total. The van der Waals surface area contributed by atoms with Gasteiger partial charge in [-0.1, -0.05) is 24.3 Å². The lowest BCUT2D eigenvalue weighted by Crippen LogP contribution is -2.30. The molecule has 0 spiro atoms. The van der Waals surface area contributed by atoms with Crippen LogP contribution in [0.1, 0.15) is 37.8 Å². The standard InChI is InChI=1S/C24H32N4O3.HI/c1-4-25-24(27-20-12-13-21(31-5-2)22(15-20)30-3)26-16-18-8-10-19(11-9-18)17-28-14-6-7-23(28)29;/h8-13,15H,4-7,14,16-17H2,1-3H3,(H2,25,26,27);1H. The van der Waals surface area contributed by atoms with Crippen LogP contribution in [0.5, 0.6) is 11.5 Å². The van der Waals surface area contributed by atoms with Crippen molar-refractivity contribution in [3.8, 4) is 11.5 Å². The first-order valence-corrected chi connectivity index (χ1v) is 10.8. The van der Waals surface area contributed by atoms with E-state index in [9.17, 15) is 4.79 Å². The number of halogens is 1. The van der Waals surface area contributed by atoms with Crippen LogP contribution in [0.2, 0.25) is 0 Å². The summed E-state index contributed by atoms with van der Waals surface area (Å²) in [5, 5.41) is 6.58. The molecular formula is C24H33IN4O3. The van der Waals surface area contributed by atoms with Crippen molar-refractivity contribution in [2.24, 2.45) is 4.99 Å². The van der Waals surface area contributed by atoms with Gasteiger partial charge in [-0.15, -0.1) is 24.0 Å². The van der Waals surface area contributed by atoms with Crippen LogP contribution in [0.3, 0.4) is 0 Å². The molecular weight excluding hydrogens is 519 g/mol. The molecule has 1 heterocycles. The predicted molar refractivity (Wildman–Crippen MR) is 139 cm³/mol. The first-order chi connectivity index (χ1) is 15.1. The van der Waals surface area contributed by atoms with E-state index >= 15 is 0 Å². The number of hydrogen-bond donors (Lipinski definition) is 2. The minimum atomic E-state index is 0. The number of hydrogen-bond acceptors (Lipinski definition) is 4. The number of carbonyl (C=O) groups excluding carboxylic acids is 1. The molecule has 3 rings (SSSR count). The summed E-state index contributed by atoms with van der Waals surface area (Å²) in [5.41, 5.74) is 3.12. The second-order valence-electron chi connectivity index (χ2n) is 7.35. The zero-order valence-corrected chi connectivity index (χ0v) is 21.3. The molecule has 0 atom stereocenters. The normalized spacial score (nSPS) is 13.5. The Morgan fingerprint density at radius 1 is 1.09 bits per heavy atom. The highest BCUT2D eigenvalue weighted by atomic mass is 127. The molecule has 0 aliphatic carbocycles. The molecule has 1 aliphatic heterocycles. The third kappa shape index (κ3) is 7.29. The Labute approximate surface area is 207 Å². The van der Waals surface area contributed by atoms with E-state index in [1.54, 1.807) is 7.11 Å². The molecule has 1 aliphatic rings. The number of anilines is 1. The molecule has 0 unspecified atom stereocenters. The van der Waals surface area contributed by atoms with Crippen molar-refractivity contribution in [3.05, 3.63) is 53.6 Å². The van der Waals surface area contributed by atoms with Crippen molar-refractivity contribution >= 4 is 41.5 Å². The molecule has 7 nitrogen and oxygen atoms in total. The number of benzene rings is 2. The summed E-state index contributed by atoms with van der Waals surface area (Å²) in [6.07, 6.45) is 1.64. The molecule has 1 fully saturated rings. The monoisotopic (exact) mass is 552 g/mol. The van der Waals surface area contributed by atoms with Crippen molar-refractivity contribution < 1.29 is 14.3 Å². The Morgan fingerprint density at radius 2 is 1.84 bits per heavy atom. The molecule has 0 aromatic heterocycles. The van der Waals surface area contributed by atoms with Crippen LogP contribution in [-0.4, -0.2) is 43.6 Å². The zero-order valence-electron chi connectivity index (χ0n) is 19.0. The van der Waals surface area contributed by atoms with Gasteiger partial charge in [-0.25, -0.2) is 4.99 Å². The van der Waals surface area contributed by atoms with Gasteiger partial charge in [-0.3, -0.25) is 4.79 Å². The Kier molecular flexibility index (Phi) is 10.6. The van der Waals surface area contributed by atoms with E-state index in [1.807, 2.05) is 36.9 Å². The molecule has 1 saturated heterocycles. The van der Waals surface area contributed by atoms with Crippen molar-refractivity contribution in [1.29, 1.82) is 0 Å². The molecule has 2 aromatic rings. The molecule has 8 heteroatoms. The summed E-state index contributed by atoms with van der Waals surface area (Å²) in [7, 11) is 1.63. The van der Waals surface area contributed by atoms with Crippen LogP contribution in [0.25, 0.3) is 0 Å². The fourth-order valence-electron chi connectivity index (χ4n) is 3.48. The number of likely N-dealkylation sites (tertiary alicyclic amines) is 1. The maximum Gasteiger partial charge on any atom is 0.222 e. The first-order valence-electron chi connectivity index (χ1n) is 10.8. The molecule has 2 aromatic carbocycles. The Bertz CT molecular complexity index is 903. The molecule has 1 amide bonds. The molecule has 0 radical (unpaired) electrons. The molecule has 174 valence electrons. The van der Waals surface area contributed by atoms with E-state index in [0.29, 0.717) is 43.6 Å². The summed E-state index contributed by atoms with van der Waals surface area (Å²) in [6.45, 7) is 7.41. The lowest BCUT2D eigenvalue weighted by molar-refractivity contribution is -0.128. The number of aliphatic imine (C=N–C) groups is 1. The maximum absolute atomic E-state index is 11.8. The Balaban J connectivity index is 0.00000363. The number of guanidine groups is 1. The predicted octanol–water partition coefficient (Wildman–Crippen LogP) is 4.41. The first kappa shape index (κ1) is 25.8. The number of nitrogens with one attached hydrogen (secondary N) is 2. The smallest absolute Gasteiger partial charge is 0.222 e. The van der Waals surface area contributed by atoms with Crippen molar-refractivity contribution in [2.75, 3.05) is 32.1 Å². The van der Waals surface area contributed by atoms with Gasteiger partial charge < -0.3 is 25.0 Å². The molecule has 32 heavy (non-hydrogen) atoms. The maximum atomic E-state index is 11.8. The zero-order chi connectivity index (χ0) is 22.1. The van der Waals surface area contributed by atoms with Crippen LogP contribution in [-0.2, 0) is 17.9 Å². The van der Waals surface area contributed by atoms with Gasteiger partial charge in [0, 0.05) is 37.8 Å². The van der Waals surface area contributed by atoms with Crippen LogP contribution < -0.4 is 20.1 Å². The third-order valence-electron chi connectivity index (χ3n) is 5.06. The van der Waals surface area contributed by atoms with E-state index < -0.39 is 0 Å². The van der Waals surface area contributed by atoms with Gasteiger partial charge in [0.15, 0.2) is 17.5 Å². The van der Waals surface area contributed by atoms with Gasteiger partial charge in [0.2, 0.25) is 5.91 Å². The lowest BCUT2D eigenvalue weighted by Gasteiger charge is -2.16. The van der Waals surface area contributed by atoms with Gasteiger partial charge in [0.05, 0.1) is 20.3 Å². The highest BCUT2D eigenvalue weighted by molar-refractivity contribution is 14.0. The number of methoxy groups -OCH3 is 1. The molecule has 0 saturated carbocycles. The van der Waals surface area contributed by atoms with E-state index in [-0.39, 0.29) is 29.9 Å². The van der Waals surface area contributed by atoms with Crippen LogP contribution in [0.15, 0.2) is 47.5 Å².